The molecule has 0 spiro atoms. The van der Waals surface area contributed by atoms with Gasteiger partial charge >= 0.3 is 0 Å². The molecule has 37 heavy (non-hydrogen) atoms. The summed E-state index contributed by atoms with van der Waals surface area (Å²) in [7, 11) is 0. The largest absolute Gasteiger partial charge is 0.512 e. The maximum Gasteiger partial charge on any atom is 0.155 e. The molecule has 0 fully saturated rings. The Balaban J connectivity index is 0.000000356. The topological polar surface area (TPSA) is 76.5 Å². The third kappa shape index (κ3) is 5.26. The summed E-state index contributed by atoms with van der Waals surface area (Å²) in [5, 5.41) is 11.6. The van der Waals surface area contributed by atoms with Gasteiger partial charge in [0.15, 0.2) is 11.4 Å². The van der Waals surface area contributed by atoms with E-state index in [1.807, 2.05) is 48.5 Å². The fourth-order valence-electron chi connectivity index (χ4n) is 4.30. The van der Waals surface area contributed by atoms with E-state index in [2.05, 4.69) is 42.2 Å². The molecule has 0 saturated carbocycles. The number of nitrogens with zero attached hydrogens (tertiary/aromatic N) is 1. The van der Waals surface area contributed by atoms with Gasteiger partial charge in [0.05, 0.1) is 17.5 Å². The number of benzene rings is 3. The van der Waals surface area contributed by atoms with Gasteiger partial charge in [0.25, 0.3) is 0 Å². The summed E-state index contributed by atoms with van der Waals surface area (Å²) in [6, 6.07) is 27.6. The van der Waals surface area contributed by atoms with E-state index < -0.39 is 0 Å². The van der Waals surface area contributed by atoms with Crippen LogP contribution in [0.4, 0.5) is 0 Å². The van der Waals surface area contributed by atoms with Crippen molar-refractivity contribution in [3.63, 3.8) is 0 Å². The molecule has 1 N–H and O–H groups in total. The summed E-state index contributed by atoms with van der Waals surface area (Å²) in [4.78, 5) is 14.7. The average Bonchev–Trinajstić information content (AvgIpc) is 3.41. The number of hydrogen-bond acceptors (Lipinski definition) is 5. The van der Waals surface area contributed by atoms with Crippen LogP contribution >= 0.6 is 0 Å². The minimum atomic E-state index is -0.125. The van der Waals surface area contributed by atoms with Gasteiger partial charge in [-0.15, -0.1) is 18.2 Å². The van der Waals surface area contributed by atoms with Crippen LogP contribution in [0.3, 0.4) is 0 Å². The Morgan fingerprint density at radius 1 is 0.919 bits per heavy atom. The summed E-state index contributed by atoms with van der Waals surface area (Å²) in [6.07, 6.45) is 2.96. The van der Waals surface area contributed by atoms with E-state index in [-0.39, 0.29) is 31.6 Å². The van der Waals surface area contributed by atoms with E-state index >= 15 is 0 Å². The molecule has 0 aliphatic carbocycles. The Bertz CT molecular complexity index is 1740. The smallest absolute Gasteiger partial charge is 0.155 e. The number of hydrogen-bond donors (Lipinski definition) is 1. The number of aliphatic hydroxyl groups excluding tert-OH is 1. The van der Waals surface area contributed by atoms with E-state index in [0.29, 0.717) is 0 Å². The third-order valence-electron chi connectivity index (χ3n) is 5.87. The first-order valence-corrected chi connectivity index (χ1v) is 11.6. The first-order valence-electron chi connectivity index (χ1n) is 11.6. The zero-order valence-electron chi connectivity index (χ0n) is 20.5. The van der Waals surface area contributed by atoms with Crippen molar-refractivity contribution in [2.45, 2.75) is 20.8 Å². The van der Waals surface area contributed by atoms with Crippen molar-refractivity contribution in [1.82, 2.24) is 4.98 Å². The van der Waals surface area contributed by atoms with Gasteiger partial charge in [-0.25, -0.2) is 0 Å². The number of fused-ring (bicyclic) bond motifs is 4. The fourth-order valence-corrected chi connectivity index (χ4v) is 4.30. The molecule has 0 aliphatic heterocycles. The molecular weight excluding hydrogens is 643 g/mol. The van der Waals surface area contributed by atoms with Crippen molar-refractivity contribution in [3.8, 4) is 22.6 Å². The standard InChI is InChI=1S/C26H16NO2.C5H8O2.Ir/c1-16-21-14-22(27-15-24(21)29-25(16)17-8-3-2-4-9-17)20-12-7-11-19-18-10-5-6-13-23(18)28-26(19)20;1-4(6)3-5(2)7;/h2-11,13-15H,1H3;3,6H,1-2H3;/q-1;;/b;4-3-;. The van der Waals surface area contributed by atoms with Gasteiger partial charge in [0.1, 0.15) is 11.3 Å². The molecule has 0 atom stereocenters. The molecule has 5 nitrogen and oxygen atoms in total. The molecule has 6 aromatic rings. The Hall–Kier alpha value is -3.99. The summed E-state index contributed by atoms with van der Waals surface area (Å²) in [5.74, 6) is 0.818. The van der Waals surface area contributed by atoms with Gasteiger partial charge in [-0.1, -0.05) is 65.5 Å². The number of aryl methyl sites for hydroxylation is 1. The SMILES string of the molecule is CC(=O)/C=C(/C)O.Cc1c(-c2ccccc2)oc2cnc(-c3[c-]ccc4c3oc3ccccc34)cc12.[Ir]. The summed E-state index contributed by atoms with van der Waals surface area (Å²) < 4.78 is 12.3. The van der Waals surface area contributed by atoms with Crippen molar-refractivity contribution in [2.75, 3.05) is 0 Å². The quantitative estimate of drug-likeness (QED) is 0.117. The van der Waals surface area contributed by atoms with E-state index in [0.717, 1.165) is 61.1 Å². The number of furan rings is 2. The molecule has 6 heteroatoms. The number of para-hydroxylation sites is 1. The molecule has 0 bridgehead atoms. The summed E-state index contributed by atoms with van der Waals surface area (Å²) in [6.45, 7) is 4.94. The molecule has 1 radical (unpaired) electrons. The van der Waals surface area contributed by atoms with Gasteiger partial charge in [-0.3, -0.25) is 4.79 Å². The molecule has 187 valence electrons. The van der Waals surface area contributed by atoms with Crippen LogP contribution in [0.25, 0.3) is 55.5 Å². The molecule has 3 aromatic heterocycles. The Kier molecular flexibility index (Phi) is 7.72. The molecule has 3 heterocycles. The molecule has 0 saturated heterocycles. The van der Waals surface area contributed by atoms with Crippen LogP contribution in [0.1, 0.15) is 19.4 Å². The number of carbonyl (C=O) groups is 1. The normalized spacial score (nSPS) is 11.3. The minimum absolute atomic E-state index is 0. The predicted octanol–water partition coefficient (Wildman–Crippen LogP) is 8.20. The number of rotatable bonds is 3. The zero-order chi connectivity index (χ0) is 25.2. The second-order valence-corrected chi connectivity index (χ2v) is 8.58. The fraction of sp³-hybridized carbons (Fsp3) is 0.0968. The second-order valence-electron chi connectivity index (χ2n) is 8.58. The van der Waals surface area contributed by atoms with Gasteiger partial charge in [-0.2, -0.15) is 0 Å². The van der Waals surface area contributed by atoms with E-state index in [9.17, 15) is 4.79 Å². The number of carbonyl (C=O) groups excluding carboxylic acids is 1. The van der Waals surface area contributed by atoms with Crippen LogP contribution in [0.5, 0.6) is 0 Å². The number of aliphatic hydroxyl groups is 1. The van der Waals surface area contributed by atoms with Crippen LogP contribution in [0.2, 0.25) is 0 Å². The Morgan fingerprint density at radius 3 is 2.35 bits per heavy atom. The molecule has 3 aromatic carbocycles. The second kappa shape index (κ2) is 11.0. The van der Waals surface area contributed by atoms with E-state index in [1.54, 1.807) is 6.20 Å². The van der Waals surface area contributed by atoms with E-state index in [1.165, 1.54) is 19.9 Å². The summed E-state index contributed by atoms with van der Waals surface area (Å²) in [5.41, 5.74) is 6.32. The predicted molar refractivity (Wildman–Crippen MR) is 143 cm³/mol. The first kappa shape index (κ1) is 26.1. The maximum atomic E-state index is 10.0. The number of pyridine rings is 1. The number of ketones is 1. The monoisotopic (exact) mass is 667 g/mol. The van der Waals surface area contributed by atoms with Crippen LogP contribution in [-0.2, 0) is 24.9 Å². The van der Waals surface area contributed by atoms with Crippen LogP contribution in [-0.4, -0.2) is 15.9 Å². The number of aromatic nitrogens is 1. The molecule has 0 unspecified atom stereocenters. The van der Waals surface area contributed by atoms with Crippen molar-refractivity contribution in [3.05, 3.63) is 102 Å². The minimum Gasteiger partial charge on any atom is -0.512 e. The molecular formula is C31H24IrNO4-. The van der Waals surface area contributed by atoms with Crippen LogP contribution in [0.15, 0.2) is 99.7 Å². The third-order valence-corrected chi connectivity index (χ3v) is 5.87. The number of allylic oxidation sites excluding steroid dienone is 2. The van der Waals surface area contributed by atoms with Gasteiger partial charge in [0.2, 0.25) is 0 Å². The summed E-state index contributed by atoms with van der Waals surface area (Å²) >= 11 is 0. The van der Waals surface area contributed by atoms with Gasteiger partial charge in [-0.05, 0) is 32.5 Å². The maximum absolute atomic E-state index is 10.0. The van der Waals surface area contributed by atoms with Crippen molar-refractivity contribution in [1.29, 1.82) is 0 Å². The van der Waals surface area contributed by atoms with Crippen molar-refractivity contribution < 1.29 is 38.8 Å². The van der Waals surface area contributed by atoms with Crippen LogP contribution < -0.4 is 0 Å². The molecule has 0 aliphatic rings. The molecule has 0 amide bonds. The average molecular weight is 667 g/mol. The van der Waals surface area contributed by atoms with Crippen LogP contribution in [0, 0.1) is 13.0 Å². The Morgan fingerprint density at radius 2 is 1.65 bits per heavy atom. The van der Waals surface area contributed by atoms with Gasteiger partial charge < -0.3 is 18.9 Å². The van der Waals surface area contributed by atoms with Crippen molar-refractivity contribution >= 4 is 38.7 Å². The van der Waals surface area contributed by atoms with Gasteiger partial charge in [0, 0.05) is 48.1 Å². The Labute approximate surface area is 227 Å². The zero-order valence-corrected chi connectivity index (χ0v) is 22.9. The molecule has 6 rings (SSSR count). The first-order chi connectivity index (χ1) is 17.4. The van der Waals surface area contributed by atoms with Crippen molar-refractivity contribution in [2.24, 2.45) is 0 Å². The van der Waals surface area contributed by atoms with E-state index in [4.69, 9.17) is 13.9 Å².